The van der Waals surface area contributed by atoms with Crippen LogP contribution in [0, 0.1) is 0 Å². The molecular formula is C14H19Cl2NO. The summed E-state index contributed by atoms with van der Waals surface area (Å²) < 4.78 is 5.66. The fourth-order valence-corrected chi connectivity index (χ4v) is 2.90. The molecule has 1 fully saturated rings. The van der Waals surface area contributed by atoms with E-state index in [1.54, 1.807) is 0 Å². The van der Waals surface area contributed by atoms with Gasteiger partial charge in [0.2, 0.25) is 0 Å². The smallest absolute Gasteiger partial charge is 0.0608 e. The number of nitrogens with zero attached hydrogens (tertiary/aromatic N) is 1. The third-order valence-electron chi connectivity index (χ3n) is 3.39. The van der Waals surface area contributed by atoms with Crippen molar-refractivity contribution in [3.63, 3.8) is 0 Å². The molecule has 1 aromatic carbocycles. The fraction of sp³-hybridized carbons (Fsp3) is 0.571. The monoisotopic (exact) mass is 287 g/mol. The highest BCUT2D eigenvalue weighted by atomic mass is 35.5. The SMILES string of the molecule is CCOC1CCN(c2ccc(CCl)c(Cl)c2)CC1. The average molecular weight is 288 g/mol. The molecule has 1 aliphatic heterocycles. The van der Waals surface area contributed by atoms with Crippen LogP contribution in [0.4, 0.5) is 5.69 Å². The zero-order chi connectivity index (χ0) is 13.0. The van der Waals surface area contributed by atoms with E-state index < -0.39 is 0 Å². The van der Waals surface area contributed by atoms with E-state index in [9.17, 15) is 0 Å². The number of hydrogen-bond donors (Lipinski definition) is 0. The minimum Gasteiger partial charge on any atom is -0.378 e. The summed E-state index contributed by atoms with van der Waals surface area (Å²) in [5, 5.41) is 0.759. The molecule has 18 heavy (non-hydrogen) atoms. The zero-order valence-corrected chi connectivity index (χ0v) is 12.2. The molecule has 1 aliphatic rings. The number of piperidine rings is 1. The first-order valence-corrected chi connectivity index (χ1v) is 7.36. The lowest BCUT2D eigenvalue weighted by molar-refractivity contribution is 0.0459. The zero-order valence-electron chi connectivity index (χ0n) is 10.7. The van der Waals surface area contributed by atoms with Crippen LogP contribution in [0.25, 0.3) is 0 Å². The van der Waals surface area contributed by atoms with Gasteiger partial charge >= 0.3 is 0 Å². The standard InChI is InChI=1S/C14H19Cl2NO/c1-2-18-13-5-7-17(8-6-13)12-4-3-11(10-15)14(16)9-12/h3-4,9,13H,2,5-8,10H2,1H3. The Morgan fingerprint density at radius 2 is 2.06 bits per heavy atom. The number of halogens is 2. The predicted molar refractivity (Wildman–Crippen MR) is 77.9 cm³/mol. The summed E-state index contributed by atoms with van der Waals surface area (Å²) in [5.74, 6) is 0.464. The van der Waals surface area contributed by atoms with Crippen LogP contribution in [0.2, 0.25) is 5.02 Å². The van der Waals surface area contributed by atoms with Crippen LogP contribution in [0.15, 0.2) is 18.2 Å². The molecule has 0 radical (unpaired) electrons. The molecule has 0 aliphatic carbocycles. The molecule has 4 heteroatoms. The Morgan fingerprint density at radius 1 is 1.33 bits per heavy atom. The van der Waals surface area contributed by atoms with Gasteiger partial charge in [-0.3, -0.25) is 0 Å². The number of rotatable bonds is 4. The van der Waals surface area contributed by atoms with Gasteiger partial charge in [0, 0.05) is 36.3 Å². The fourth-order valence-electron chi connectivity index (χ4n) is 2.36. The van der Waals surface area contributed by atoms with E-state index in [1.165, 1.54) is 5.69 Å². The Balaban J connectivity index is 1.99. The predicted octanol–water partition coefficient (Wildman–Crippen LogP) is 4.08. The van der Waals surface area contributed by atoms with Crippen molar-refractivity contribution in [3.05, 3.63) is 28.8 Å². The van der Waals surface area contributed by atoms with Crippen molar-refractivity contribution < 1.29 is 4.74 Å². The molecule has 100 valence electrons. The van der Waals surface area contributed by atoms with Gasteiger partial charge in [0.15, 0.2) is 0 Å². The molecular weight excluding hydrogens is 269 g/mol. The summed E-state index contributed by atoms with van der Waals surface area (Å²) in [7, 11) is 0. The number of anilines is 1. The van der Waals surface area contributed by atoms with Crippen molar-refractivity contribution in [2.75, 3.05) is 24.6 Å². The van der Waals surface area contributed by atoms with Gasteiger partial charge in [0.25, 0.3) is 0 Å². The molecule has 2 nitrogen and oxygen atoms in total. The van der Waals surface area contributed by atoms with E-state index in [1.807, 2.05) is 12.1 Å². The molecule has 0 atom stereocenters. The van der Waals surface area contributed by atoms with Crippen LogP contribution < -0.4 is 4.90 Å². The number of hydrogen-bond acceptors (Lipinski definition) is 2. The minimum absolute atomic E-state index is 0.420. The molecule has 1 aromatic rings. The Labute approximate surface area is 119 Å². The van der Waals surface area contributed by atoms with Crippen LogP contribution in [0.5, 0.6) is 0 Å². The maximum Gasteiger partial charge on any atom is 0.0608 e. The summed E-state index contributed by atoms with van der Waals surface area (Å²) in [6.07, 6.45) is 2.59. The summed E-state index contributed by atoms with van der Waals surface area (Å²) in [4.78, 5) is 2.36. The highest BCUT2D eigenvalue weighted by molar-refractivity contribution is 6.32. The van der Waals surface area contributed by atoms with Gasteiger partial charge in [0.1, 0.15) is 0 Å². The first-order chi connectivity index (χ1) is 8.74. The van der Waals surface area contributed by atoms with E-state index >= 15 is 0 Å². The van der Waals surface area contributed by atoms with Crippen LogP contribution in [0.3, 0.4) is 0 Å². The highest BCUT2D eigenvalue weighted by Crippen LogP contribution is 2.27. The van der Waals surface area contributed by atoms with Crippen molar-refractivity contribution in [2.45, 2.75) is 31.7 Å². The lowest BCUT2D eigenvalue weighted by Crippen LogP contribution is -2.37. The second kappa shape index (κ2) is 6.65. The molecule has 0 saturated carbocycles. The van der Waals surface area contributed by atoms with Gasteiger partial charge in [-0.05, 0) is 37.5 Å². The van der Waals surface area contributed by atoms with E-state index in [-0.39, 0.29) is 0 Å². The van der Waals surface area contributed by atoms with Crippen LogP contribution in [0.1, 0.15) is 25.3 Å². The average Bonchev–Trinajstić information content (AvgIpc) is 2.40. The van der Waals surface area contributed by atoms with Gasteiger partial charge < -0.3 is 9.64 Å². The Kier molecular flexibility index (Phi) is 5.16. The van der Waals surface area contributed by atoms with E-state index in [4.69, 9.17) is 27.9 Å². The highest BCUT2D eigenvalue weighted by Gasteiger charge is 2.19. The first-order valence-electron chi connectivity index (χ1n) is 6.45. The lowest BCUT2D eigenvalue weighted by Gasteiger charge is -2.33. The topological polar surface area (TPSA) is 12.5 Å². The summed E-state index contributed by atoms with van der Waals surface area (Å²) >= 11 is 12.0. The van der Waals surface area contributed by atoms with E-state index in [0.29, 0.717) is 12.0 Å². The van der Waals surface area contributed by atoms with E-state index in [2.05, 4.69) is 17.9 Å². The Morgan fingerprint density at radius 3 is 2.61 bits per heavy atom. The molecule has 0 bridgehead atoms. The van der Waals surface area contributed by atoms with E-state index in [0.717, 1.165) is 43.1 Å². The minimum atomic E-state index is 0.420. The second-order valence-corrected chi connectivity index (χ2v) is 5.23. The molecule has 0 spiro atoms. The molecule has 1 saturated heterocycles. The number of benzene rings is 1. The van der Waals surface area contributed by atoms with Crippen LogP contribution in [-0.4, -0.2) is 25.8 Å². The van der Waals surface area contributed by atoms with Gasteiger partial charge in [-0.2, -0.15) is 0 Å². The molecule has 0 aromatic heterocycles. The lowest BCUT2D eigenvalue weighted by atomic mass is 10.1. The normalized spacial score (nSPS) is 17.2. The molecule has 0 unspecified atom stereocenters. The van der Waals surface area contributed by atoms with Crippen LogP contribution >= 0.6 is 23.2 Å². The van der Waals surface area contributed by atoms with Crippen molar-refractivity contribution in [3.8, 4) is 0 Å². The Hall–Kier alpha value is -0.440. The Bertz CT molecular complexity index is 389. The third-order valence-corrected chi connectivity index (χ3v) is 4.03. The molecule has 0 N–H and O–H groups in total. The summed E-state index contributed by atoms with van der Waals surface area (Å²) in [5.41, 5.74) is 2.18. The van der Waals surface area contributed by atoms with Crippen molar-refractivity contribution in [2.24, 2.45) is 0 Å². The van der Waals surface area contributed by atoms with Crippen molar-refractivity contribution in [1.29, 1.82) is 0 Å². The van der Waals surface area contributed by atoms with Crippen molar-refractivity contribution >= 4 is 28.9 Å². The molecule has 0 amide bonds. The number of ether oxygens (including phenoxy) is 1. The van der Waals surface area contributed by atoms with Gasteiger partial charge in [0.05, 0.1) is 6.10 Å². The second-order valence-electron chi connectivity index (χ2n) is 4.55. The number of alkyl halides is 1. The quantitative estimate of drug-likeness (QED) is 0.774. The summed E-state index contributed by atoms with van der Waals surface area (Å²) in [6.45, 7) is 4.92. The van der Waals surface area contributed by atoms with Gasteiger partial charge in [-0.15, -0.1) is 11.6 Å². The van der Waals surface area contributed by atoms with Crippen molar-refractivity contribution in [1.82, 2.24) is 0 Å². The molecule has 1 heterocycles. The maximum atomic E-state index is 6.19. The van der Waals surface area contributed by atoms with Gasteiger partial charge in [-0.25, -0.2) is 0 Å². The van der Waals surface area contributed by atoms with Gasteiger partial charge in [-0.1, -0.05) is 17.7 Å². The molecule has 2 rings (SSSR count). The summed E-state index contributed by atoms with van der Waals surface area (Å²) in [6, 6.07) is 6.13. The maximum absolute atomic E-state index is 6.19. The largest absolute Gasteiger partial charge is 0.378 e. The third kappa shape index (κ3) is 3.31. The van der Waals surface area contributed by atoms with Crippen LogP contribution in [-0.2, 0) is 10.6 Å². The first kappa shape index (κ1) is 14.0.